The van der Waals surface area contributed by atoms with Crippen LogP contribution in [0.3, 0.4) is 0 Å². The van der Waals surface area contributed by atoms with E-state index in [0.717, 1.165) is 9.52 Å². The monoisotopic (exact) mass is 138 g/mol. The van der Waals surface area contributed by atoms with Crippen molar-refractivity contribution in [3.63, 3.8) is 0 Å². The second-order valence-electron chi connectivity index (χ2n) is 2.11. The lowest BCUT2D eigenvalue weighted by Crippen LogP contribution is -1.87. The van der Waals surface area contributed by atoms with Gasteiger partial charge in [-0.15, -0.1) is 11.5 Å². The Morgan fingerprint density at radius 2 is 2.11 bits per heavy atom. The van der Waals surface area contributed by atoms with Crippen LogP contribution in [0.15, 0.2) is 0 Å². The molecule has 0 nitrogen and oxygen atoms in total. The minimum Gasteiger partial charge on any atom is -0.135 e. The molecule has 1 heteroatoms. The molecule has 0 aromatic heterocycles. The Bertz CT molecular complexity index is 107. The van der Waals surface area contributed by atoms with Gasteiger partial charge < -0.3 is 0 Å². The highest BCUT2D eigenvalue weighted by molar-refractivity contribution is 6.45. The first-order valence-corrected chi connectivity index (χ1v) is 4.75. The van der Waals surface area contributed by atoms with Crippen LogP contribution in [0.5, 0.6) is 0 Å². The predicted octanol–water partition coefficient (Wildman–Crippen LogP) is 2.14. The van der Waals surface area contributed by atoms with Crippen molar-refractivity contribution in [2.45, 2.75) is 33.2 Å². The zero-order valence-electron chi connectivity index (χ0n) is 6.49. The molecule has 0 aliphatic heterocycles. The molecule has 0 saturated carbocycles. The van der Waals surface area contributed by atoms with E-state index in [9.17, 15) is 0 Å². The minimum atomic E-state index is 0.601. The van der Waals surface area contributed by atoms with Crippen LogP contribution in [0.25, 0.3) is 0 Å². The fourth-order valence-electron chi connectivity index (χ4n) is 0.365. The van der Waals surface area contributed by atoms with Gasteiger partial charge in [0.15, 0.2) is 0 Å². The molecule has 1 unspecified atom stereocenters. The lowest BCUT2D eigenvalue weighted by molar-refractivity contribution is 0.724. The average Bonchev–Trinajstić information content (AvgIpc) is 1.89. The predicted molar refractivity (Wildman–Crippen MR) is 43.5 cm³/mol. The van der Waals surface area contributed by atoms with E-state index in [1.165, 1.54) is 12.5 Å². The Labute approximate surface area is 60.9 Å². The molecule has 0 aromatic carbocycles. The molecule has 0 N–H and O–H groups in total. The standard InChI is InChI=1S/C8H14Si/c1-4-8(3)6-7-9-5-2/h8H,4-5H2,1-3H3. The van der Waals surface area contributed by atoms with Crippen LogP contribution in [-0.2, 0) is 0 Å². The zero-order chi connectivity index (χ0) is 7.11. The number of hydrogen-bond acceptors (Lipinski definition) is 0. The largest absolute Gasteiger partial charge is 0.147 e. The zero-order valence-corrected chi connectivity index (χ0v) is 7.49. The molecule has 50 valence electrons. The van der Waals surface area contributed by atoms with E-state index in [1.807, 2.05) is 0 Å². The molecule has 0 bridgehead atoms. The van der Waals surface area contributed by atoms with Crippen molar-refractivity contribution in [1.82, 2.24) is 0 Å². The van der Waals surface area contributed by atoms with Gasteiger partial charge in [-0.25, -0.2) is 0 Å². The van der Waals surface area contributed by atoms with Crippen molar-refractivity contribution >= 4 is 9.52 Å². The van der Waals surface area contributed by atoms with Crippen molar-refractivity contribution in [2.24, 2.45) is 5.92 Å². The van der Waals surface area contributed by atoms with Crippen LogP contribution >= 0.6 is 0 Å². The Hall–Kier alpha value is -0.223. The highest BCUT2D eigenvalue weighted by Crippen LogP contribution is 1.95. The van der Waals surface area contributed by atoms with Crippen molar-refractivity contribution in [3.8, 4) is 11.5 Å². The molecule has 0 heterocycles. The highest BCUT2D eigenvalue weighted by atomic mass is 28.2. The van der Waals surface area contributed by atoms with Gasteiger partial charge in [-0.2, -0.15) is 0 Å². The van der Waals surface area contributed by atoms with Gasteiger partial charge in [-0.1, -0.05) is 26.8 Å². The van der Waals surface area contributed by atoms with Crippen molar-refractivity contribution in [2.75, 3.05) is 0 Å². The van der Waals surface area contributed by atoms with Crippen LogP contribution < -0.4 is 0 Å². The SMILES string of the molecule is CC[Si]C#CC(C)CC. The van der Waals surface area contributed by atoms with Gasteiger partial charge in [0.1, 0.15) is 9.52 Å². The summed E-state index contributed by atoms with van der Waals surface area (Å²) in [7, 11) is 0.850. The van der Waals surface area contributed by atoms with Crippen LogP contribution in [0.1, 0.15) is 27.2 Å². The third kappa shape index (κ3) is 5.65. The minimum absolute atomic E-state index is 0.601. The summed E-state index contributed by atoms with van der Waals surface area (Å²) in [6.07, 6.45) is 1.18. The van der Waals surface area contributed by atoms with Crippen molar-refractivity contribution < 1.29 is 0 Å². The Balaban J connectivity index is 3.33. The summed E-state index contributed by atoms with van der Waals surface area (Å²) in [5.41, 5.74) is 3.16. The van der Waals surface area contributed by atoms with Crippen LogP contribution in [-0.4, -0.2) is 9.52 Å². The fraction of sp³-hybridized carbons (Fsp3) is 0.750. The molecule has 0 aliphatic rings. The van der Waals surface area contributed by atoms with Gasteiger partial charge in [0.2, 0.25) is 0 Å². The molecule has 0 fully saturated rings. The normalized spacial score (nSPS) is 11.9. The van der Waals surface area contributed by atoms with E-state index in [-0.39, 0.29) is 0 Å². The molecular weight excluding hydrogens is 124 g/mol. The van der Waals surface area contributed by atoms with E-state index in [4.69, 9.17) is 0 Å². The summed E-state index contributed by atoms with van der Waals surface area (Å²) in [5.74, 6) is 3.80. The van der Waals surface area contributed by atoms with E-state index in [0.29, 0.717) is 5.92 Å². The molecule has 9 heavy (non-hydrogen) atoms. The van der Waals surface area contributed by atoms with E-state index in [2.05, 4.69) is 32.2 Å². The lowest BCUT2D eigenvalue weighted by atomic mass is 10.1. The molecule has 1 atom stereocenters. The molecule has 2 radical (unpaired) electrons. The smallest absolute Gasteiger partial charge is 0.135 e. The first kappa shape index (κ1) is 8.78. The maximum atomic E-state index is 3.20. The van der Waals surface area contributed by atoms with Crippen LogP contribution in [0, 0.1) is 17.4 Å². The maximum absolute atomic E-state index is 3.20. The molecular formula is C8H14Si. The summed E-state index contributed by atoms with van der Waals surface area (Å²) in [6.45, 7) is 6.52. The summed E-state index contributed by atoms with van der Waals surface area (Å²) in [5, 5.41) is 0. The molecule has 0 aliphatic carbocycles. The van der Waals surface area contributed by atoms with Gasteiger partial charge in [-0.05, 0) is 6.42 Å². The van der Waals surface area contributed by atoms with Gasteiger partial charge in [0, 0.05) is 5.92 Å². The van der Waals surface area contributed by atoms with E-state index < -0.39 is 0 Å². The summed E-state index contributed by atoms with van der Waals surface area (Å²) in [6, 6.07) is 1.21. The maximum Gasteiger partial charge on any atom is 0.147 e. The Morgan fingerprint density at radius 1 is 1.44 bits per heavy atom. The first-order chi connectivity index (χ1) is 4.31. The number of rotatable bonds is 2. The lowest BCUT2D eigenvalue weighted by Gasteiger charge is -1.93. The molecule has 0 saturated heterocycles. The third-order valence-corrected chi connectivity index (χ3v) is 1.87. The second kappa shape index (κ2) is 5.91. The van der Waals surface area contributed by atoms with Crippen LogP contribution in [0.4, 0.5) is 0 Å². The van der Waals surface area contributed by atoms with Gasteiger partial charge >= 0.3 is 0 Å². The quantitative estimate of drug-likeness (QED) is 0.405. The highest BCUT2D eigenvalue weighted by Gasteiger charge is 1.87. The fourth-order valence-corrected chi connectivity index (χ4v) is 0.890. The van der Waals surface area contributed by atoms with E-state index >= 15 is 0 Å². The summed E-state index contributed by atoms with van der Waals surface area (Å²) in [4.78, 5) is 0. The molecule has 0 aromatic rings. The summed E-state index contributed by atoms with van der Waals surface area (Å²) >= 11 is 0. The second-order valence-corrected chi connectivity index (χ2v) is 3.42. The third-order valence-electron chi connectivity index (χ3n) is 1.20. The van der Waals surface area contributed by atoms with E-state index in [1.54, 1.807) is 0 Å². The summed E-state index contributed by atoms with van der Waals surface area (Å²) < 4.78 is 0. The van der Waals surface area contributed by atoms with Gasteiger partial charge in [0.25, 0.3) is 0 Å². The molecule has 0 spiro atoms. The van der Waals surface area contributed by atoms with Crippen molar-refractivity contribution in [1.29, 1.82) is 0 Å². The first-order valence-electron chi connectivity index (χ1n) is 3.54. The van der Waals surface area contributed by atoms with Crippen molar-refractivity contribution in [3.05, 3.63) is 0 Å². The number of hydrogen-bond donors (Lipinski definition) is 0. The van der Waals surface area contributed by atoms with Gasteiger partial charge in [-0.3, -0.25) is 0 Å². The topological polar surface area (TPSA) is 0 Å². The van der Waals surface area contributed by atoms with Crippen LogP contribution in [0.2, 0.25) is 6.04 Å². The van der Waals surface area contributed by atoms with Gasteiger partial charge in [0.05, 0.1) is 0 Å². The molecule has 0 rings (SSSR count). The average molecular weight is 138 g/mol. The Kier molecular flexibility index (Phi) is 5.76. The Morgan fingerprint density at radius 3 is 2.56 bits per heavy atom. The molecule has 0 amide bonds.